The lowest BCUT2D eigenvalue weighted by molar-refractivity contribution is 0.172. The minimum Gasteiger partial charge on any atom is -0.387 e. The van der Waals surface area contributed by atoms with E-state index in [0.717, 1.165) is 18.0 Å². The van der Waals surface area contributed by atoms with Crippen LogP contribution in [0, 0.1) is 5.92 Å². The van der Waals surface area contributed by atoms with Crippen LogP contribution in [0.15, 0.2) is 29.2 Å². The Balaban J connectivity index is 1.78. The van der Waals surface area contributed by atoms with Crippen molar-refractivity contribution < 1.29 is 13.5 Å². The second-order valence-corrected chi connectivity index (χ2v) is 7.66. The van der Waals surface area contributed by atoms with Gasteiger partial charge >= 0.3 is 0 Å². The summed E-state index contributed by atoms with van der Waals surface area (Å²) in [5.74, 6) is 0.869. The molecule has 0 radical (unpaired) electrons. The molecule has 1 aromatic carbocycles. The van der Waals surface area contributed by atoms with Crippen LogP contribution in [0.5, 0.6) is 0 Å². The zero-order valence-corrected chi connectivity index (χ0v) is 12.7. The fourth-order valence-corrected chi connectivity index (χ4v) is 3.01. The first-order valence-electron chi connectivity index (χ1n) is 7.15. The Labute approximate surface area is 121 Å². The van der Waals surface area contributed by atoms with E-state index in [1.807, 2.05) is 0 Å². The highest BCUT2D eigenvalue weighted by Gasteiger charge is 2.16. The van der Waals surface area contributed by atoms with Gasteiger partial charge in [-0.15, -0.1) is 0 Å². The molecule has 0 saturated heterocycles. The Hall–Kier alpha value is -0.910. The highest BCUT2D eigenvalue weighted by Crippen LogP contribution is 2.28. The molecule has 0 heterocycles. The third-order valence-electron chi connectivity index (χ3n) is 3.98. The smallest absolute Gasteiger partial charge is 0.175 e. The monoisotopic (exact) mass is 297 g/mol. The summed E-state index contributed by atoms with van der Waals surface area (Å²) in [5.41, 5.74) is 0.744. The number of hydrogen-bond acceptors (Lipinski definition) is 4. The molecule has 0 aromatic heterocycles. The summed E-state index contributed by atoms with van der Waals surface area (Å²) in [4.78, 5) is 0.284. The van der Waals surface area contributed by atoms with E-state index >= 15 is 0 Å². The molecule has 1 fully saturated rings. The van der Waals surface area contributed by atoms with Crippen LogP contribution in [0.25, 0.3) is 0 Å². The van der Waals surface area contributed by atoms with Crippen LogP contribution in [0.1, 0.15) is 37.4 Å². The summed E-state index contributed by atoms with van der Waals surface area (Å²) in [7, 11) is -3.17. The molecule has 2 N–H and O–H groups in total. The first kappa shape index (κ1) is 15.5. The van der Waals surface area contributed by atoms with Crippen LogP contribution in [0.3, 0.4) is 0 Å². The molecule has 0 bridgehead atoms. The Bertz CT molecular complexity index is 521. The van der Waals surface area contributed by atoms with Crippen molar-refractivity contribution in [2.45, 2.75) is 36.7 Å². The van der Waals surface area contributed by atoms with E-state index in [1.54, 1.807) is 24.3 Å². The lowest BCUT2D eigenvalue weighted by Crippen LogP contribution is -2.25. The topological polar surface area (TPSA) is 66.4 Å². The number of sulfone groups is 1. The van der Waals surface area contributed by atoms with Crippen LogP contribution in [-0.4, -0.2) is 32.9 Å². The molecule has 0 spiro atoms. The van der Waals surface area contributed by atoms with Gasteiger partial charge in [-0.25, -0.2) is 8.42 Å². The second-order valence-electron chi connectivity index (χ2n) is 5.65. The van der Waals surface area contributed by atoms with Gasteiger partial charge in [0.2, 0.25) is 0 Å². The average Bonchev–Trinajstić information content (AvgIpc) is 2.35. The molecule has 5 heteroatoms. The summed E-state index contributed by atoms with van der Waals surface area (Å²) < 4.78 is 22.7. The molecule has 1 atom stereocenters. The predicted octanol–water partition coefficient (Wildman–Crippen LogP) is 1.90. The van der Waals surface area contributed by atoms with Crippen LogP contribution in [-0.2, 0) is 9.84 Å². The largest absolute Gasteiger partial charge is 0.387 e. The molecular weight excluding hydrogens is 274 g/mol. The molecule has 0 amide bonds. The van der Waals surface area contributed by atoms with Crippen molar-refractivity contribution >= 4 is 9.84 Å². The molecule has 1 aliphatic rings. The molecular formula is C15H23NO3S. The maximum Gasteiger partial charge on any atom is 0.175 e. The molecule has 4 nitrogen and oxygen atoms in total. The average molecular weight is 297 g/mol. The molecule has 2 rings (SSSR count). The highest BCUT2D eigenvalue weighted by atomic mass is 32.2. The zero-order valence-electron chi connectivity index (χ0n) is 11.9. The van der Waals surface area contributed by atoms with E-state index in [1.165, 1.54) is 31.9 Å². The molecule has 0 aliphatic heterocycles. The lowest BCUT2D eigenvalue weighted by atomic mass is 9.83. The maximum atomic E-state index is 11.3. The number of aliphatic hydroxyl groups is 1. The molecule has 1 saturated carbocycles. The molecule has 1 unspecified atom stereocenters. The lowest BCUT2D eigenvalue weighted by Gasteiger charge is -2.25. The first-order chi connectivity index (χ1) is 9.47. The fourth-order valence-electron chi connectivity index (χ4n) is 2.38. The number of hydrogen-bond donors (Lipinski definition) is 2. The van der Waals surface area contributed by atoms with E-state index in [9.17, 15) is 13.5 Å². The van der Waals surface area contributed by atoms with E-state index in [-0.39, 0.29) is 4.90 Å². The maximum absolute atomic E-state index is 11.3. The summed E-state index contributed by atoms with van der Waals surface area (Å²) in [5, 5.41) is 13.3. The predicted molar refractivity (Wildman–Crippen MR) is 79.3 cm³/mol. The van der Waals surface area contributed by atoms with Crippen molar-refractivity contribution in [3.63, 3.8) is 0 Å². The van der Waals surface area contributed by atoms with Crippen LogP contribution in [0.2, 0.25) is 0 Å². The molecule has 20 heavy (non-hydrogen) atoms. The Morgan fingerprint density at radius 3 is 2.45 bits per heavy atom. The quantitative estimate of drug-likeness (QED) is 0.754. The Morgan fingerprint density at radius 1 is 1.30 bits per heavy atom. The summed E-state index contributed by atoms with van der Waals surface area (Å²) >= 11 is 0. The molecule has 112 valence electrons. The standard InChI is InChI=1S/C15H23NO3S/c1-20(18,19)14-7-5-13(6-8-14)15(17)11-16-10-9-12-3-2-4-12/h5-8,12,15-17H,2-4,9-11H2,1H3. The van der Waals surface area contributed by atoms with Gasteiger partial charge in [0.25, 0.3) is 0 Å². The van der Waals surface area contributed by atoms with E-state index in [0.29, 0.717) is 6.54 Å². The van der Waals surface area contributed by atoms with Gasteiger partial charge < -0.3 is 10.4 Å². The minimum absolute atomic E-state index is 0.284. The number of aliphatic hydroxyl groups excluding tert-OH is 1. The van der Waals surface area contributed by atoms with Gasteiger partial charge in [-0.2, -0.15) is 0 Å². The third-order valence-corrected chi connectivity index (χ3v) is 5.11. The van der Waals surface area contributed by atoms with Crippen molar-refractivity contribution in [1.29, 1.82) is 0 Å². The molecule has 1 aliphatic carbocycles. The van der Waals surface area contributed by atoms with Crippen molar-refractivity contribution in [1.82, 2.24) is 5.32 Å². The highest BCUT2D eigenvalue weighted by molar-refractivity contribution is 7.90. The van der Waals surface area contributed by atoms with Crippen molar-refractivity contribution in [3.05, 3.63) is 29.8 Å². The molecule has 1 aromatic rings. The summed E-state index contributed by atoms with van der Waals surface area (Å²) in [6.07, 6.45) is 5.82. The van der Waals surface area contributed by atoms with Crippen LogP contribution < -0.4 is 5.32 Å². The Kier molecular flexibility index (Phi) is 5.18. The number of nitrogens with one attached hydrogen (secondary N) is 1. The van der Waals surface area contributed by atoms with Gasteiger partial charge in [0, 0.05) is 12.8 Å². The van der Waals surface area contributed by atoms with Gasteiger partial charge in [0.05, 0.1) is 11.0 Å². The zero-order chi connectivity index (χ0) is 14.6. The van der Waals surface area contributed by atoms with Gasteiger partial charge in [-0.05, 0) is 36.6 Å². The minimum atomic E-state index is -3.17. The first-order valence-corrected chi connectivity index (χ1v) is 9.05. The van der Waals surface area contributed by atoms with Crippen molar-refractivity contribution in [3.8, 4) is 0 Å². The van der Waals surface area contributed by atoms with Gasteiger partial charge in [0.15, 0.2) is 9.84 Å². The second kappa shape index (κ2) is 6.70. The Morgan fingerprint density at radius 2 is 1.95 bits per heavy atom. The number of rotatable bonds is 7. The third kappa shape index (κ3) is 4.30. The van der Waals surface area contributed by atoms with Gasteiger partial charge in [-0.1, -0.05) is 31.4 Å². The van der Waals surface area contributed by atoms with Crippen LogP contribution in [0.4, 0.5) is 0 Å². The van der Waals surface area contributed by atoms with E-state index in [2.05, 4.69) is 5.32 Å². The van der Waals surface area contributed by atoms with Crippen molar-refractivity contribution in [2.24, 2.45) is 5.92 Å². The van der Waals surface area contributed by atoms with E-state index < -0.39 is 15.9 Å². The summed E-state index contributed by atoms with van der Waals surface area (Å²) in [6, 6.07) is 6.44. The summed E-state index contributed by atoms with van der Waals surface area (Å²) in [6.45, 7) is 1.44. The normalized spacial score (nSPS) is 17.7. The van der Waals surface area contributed by atoms with E-state index in [4.69, 9.17) is 0 Å². The SMILES string of the molecule is CS(=O)(=O)c1ccc(C(O)CNCCC2CCC2)cc1. The van der Waals surface area contributed by atoms with Gasteiger partial charge in [-0.3, -0.25) is 0 Å². The van der Waals surface area contributed by atoms with Gasteiger partial charge in [0.1, 0.15) is 0 Å². The van der Waals surface area contributed by atoms with Crippen molar-refractivity contribution in [2.75, 3.05) is 19.3 Å². The fraction of sp³-hybridized carbons (Fsp3) is 0.600. The number of benzene rings is 1. The van der Waals surface area contributed by atoms with Crippen LogP contribution >= 0.6 is 0 Å².